The van der Waals surface area contributed by atoms with Crippen molar-refractivity contribution < 1.29 is 30.2 Å². The number of nitrogens with zero attached hydrogens (tertiary/aromatic N) is 1. The maximum Gasteiger partial charge on any atom is 0.534 e. The molecule has 1 fully saturated rings. The summed E-state index contributed by atoms with van der Waals surface area (Å²) in [5, 5.41) is 0. The Bertz CT molecular complexity index is 717. The second-order valence-corrected chi connectivity index (χ2v) is 7.39. The molecule has 0 aromatic heterocycles. The average Bonchev–Trinajstić information content (AvgIpc) is 2.44. The Morgan fingerprint density at radius 2 is 1.96 bits per heavy atom. The highest BCUT2D eigenvalue weighted by atomic mass is 32.2. The topological polar surface area (TPSA) is 46.6 Å². The van der Waals surface area contributed by atoms with Crippen molar-refractivity contribution in [1.82, 2.24) is 4.90 Å². The number of benzene rings is 1. The van der Waals surface area contributed by atoms with E-state index in [1.807, 2.05) is 0 Å². The van der Waals surface area contributed by atoms with Gasteiger partial charge in [-0.05, 0) is 37.4 Å². The van der Waals surface area contributed by atoms with Crippen LogP contribution in [0.5, 0.6) is 5.75 Å². The highest BCUT2D eigenvalue weighted by Gasteiger charge is 2.48. The van der Waals surface area contributed by atoms with Crippen LogP contribution < -0.4 is 4.18 Å². The molecule has 2 aliphatic heterocycles. The van der Waals surface area contributed by atoms with E-state index in [4.69, 9.17) is 0 Å². The van der Waals surface area contributed by atoms with Crippen LogP contribution in [-0.4, -0.2) is 31.4 Å². The predicted octanol–water partition coefficient (Wildman–Crippen LogP) is 2.96. The highest BCUT2D eigenvalue weighted by molar-refractivity contribution is 7.88. The zero-order valence-corrected chi connectivity index (χ0v) is 12.9. The highest BCUT2D eigenvalue weighted by Crippen LogP contribution is 2.34. The van der Waals surface area contributed by atoms with Crippen LogP contribution in [-0.2, 0) is 23.1 Å². The first-order valence-corrected chi connectivity index (χ1v) is 8.64. The zero-order chi connectivity index (χ0) is 16.8. The van der Waals surface area contributed by atoms with Crippen LogP contribution in [0.2, 0.25) is 0 Å². The maximum absolute atomic E-state index is 14.2. The Morgan fingerprint density at radius 1 is 1.22 bits per heavy atom. The molecule has 0 spiro atoms. The van der Waals surface area contributed by atoms with Crippen molar-refractivity contribution in [1.29, 1.82) is 0 Å². The smallest absolute Gasteiger partial charge is 0.376 e. The van der Waals surface area contributed by atoms with Crippen molar-refractivity contribution >= 4 is 10.1 Å². The van der Waals surface area contributed by atoms with E-state index < -0.39 is 27.2 Å². The molecule has 1 atom stereocenters. The van der Waals surface area contributed by atoms with Crippen molar-refractivity contribution in [2.45, 2.75) is 43.8 Å². The van der Waals surface area contributed by atoms with Gasteiger partial charge in [-0.2, -0.15) is 21.6 Å². The van der Waals surface area contributed by atoms with E-state index in [1.165, 1.54) is 6.07 Å². The van der Waals surface area contributed by atoms with Gasteiger partial charge >= 0.3 is 15.6 Å². The molecule has 1 aromatic rings. The molecule has 0 saturated carbocycles. The van der Waals surface area contributed by atoms with Crippen LogP contribution in [0.15, 0.2) is 12.1 Å². The summed E-state index contributed by atoms with van der Waals surface area (Å²) in [4.78, 5) is 2.15. The van der Waals surface area contributed by atoms with Gasteiger partial charge in [0, 0.05) is 24.2 Å². The third kappa shape index (κ3) is 3.16. The molecule has 0 amide bonds. The number of hydrogen-bond acceptors (Lipinski definition) is 4. The summed E-state index contributed by atoms with van der Waals surface area (Å²) in [5.41, 5.74) is -4.63. The van der Waals surface area contributed by atoms with E-state index in [1.54, 1.807) is 0 Å². The van der Waals surface area contributed by atoms with Crippen molar-refractivity contribution in [2.24, 2.45) is 0 Å². The SMILES string of the molecule is O=S(=O)(Oc1cc(F)c2c(c1)CC1CCCCN1C2)C(F)(F)F. The molecule has 1 unspecified atom stereocenters. The second kappa shape index (κ2) is 5.62. The van der Waals surface area contributed by atoms with Gasteiger partial charge in [0.05, 0.1) is 0 Å². The maximum atomic E-state index is 14.2. The Labute approximate surface area is 131 Å². The van der Waals surface area contributed by atoms with Gasteiger partial charge in [-0.3, -0.25) is 4.90 Å². The Hall–Kier alpha value is -1.35. The monoisotopic (exact) mass is 353 g/mol. The van der Waals surface area contributed by atoms with E-state index in [0.717, 1.165) is 25.8 Å². The second-order valence-electron chi connectivity index (χ2n) is 5.85. The number of piperidine rings is 1. The van der Waals surface area contributed by atoms with E-state index in [2.05, 4.69) is 9.08 Å². The molecule has 3 rings (SSSR count). The number of fused-ring (bicyclic) bond motifs is 2. The molecule has 128 valence electrons. The van der Waals surface area contributed by atoms with Gasteiger partial charge in [0.2, 0.25) is 0 Å². The standard InChI is InChI=1S/C14H15F4NO3S/c15-13-7-11(22-23(20,21)14(16,17)18)6-9-5-10-3-1-2-4-19(10)8-12(9)13/h6-7,10H,1-5,8H2. The van der Waals surface area contributed by atoms with E-state index in [-0.39, 0.29) is 6.04 Å². The van der Waals surface area contributed by atoms with Crippen LogP contribution in [0.3, 0.4) is 0 Å². The lowest BCUT2D eigenvalue weighted by Gasteiger charge is -2.40. The minimum atomic E-state index is -5.79. The van der Waals surface area contributed by atoms with Gasteiger partial charge in [0.1, 0.15) is 11.6 Å². The molecule has 2 aliphatic rings. The fraction of sp³-hybridized carbons (Fsp3) is 0.571. The molecule has 23 heavy (non-hydrogen) atoms. The zero-order valence-electron chi connectivity index (χ0n) is 12.1. The van der Waals surface area contributed by atoms with E-state index in [0.29, 0.717) is 30.2 Å². The van der Waals surface area contributed by atoms with Gasteiger partial charge in [0.15, 0.2) is 0 Å². The van der Waals surface area contributed by atoms with Crippen LogP contribution >= 0.6 is 0 Å². The summed E-state index contributed by atoms with van der Waals surface area (Å²) in [7, 11) is -5.79. The minimum Gasteiger partial charge on any atom is -0.376 e. The van der Waals surface area contributed by atoms with Crippen molar-refractivity contribution in [3.05, 3.63) is 29.1 Å². The number of hydrogen-bond donors (Lipinski definition) is 0. The lowest BCUT2D eigenvalue weighted by Crippen LogP contribution is -2.43. The number of halogens is 4. The van der Waals surface area contributed by atoms with E-state index >= 15 is 0 Å². The molecule has 0 radical (unpaired) electrons. The third-order valence-corrected chi connectivity index (χ3v) is 5.30. The van der Waals surface area contributed by atoms with E-state index in [9.17, 15) is 26.0 Å². The summed E-state index contributed by atoms with van der Waals surface area (Å²) in [5.74, 6) is -1.37. The molecule has 9 heteroatoms. The molecular formula is C14H15F4NO3S. The molecular weight excluding hydrogens is 338 g/mol. The summed E-state index contributed by atoms with van der Waals surface area (Å²) >= 11 is 0. The van der Waals surface area contributed by atoms with Gasteiger partial charge in [-0.1, -0.05) is 6.42 Å². The molecule has 1 aromatic carbocycles. The summed E-state index contributed by atoms with van der Waals surface area (Å²) in [6.45, 7) is 1.25. The fourth-order valence-electron chi connectivity index (χ4n) is 3.20. The van der Waals surface area contributed by atoms with Crippen LogP contribution in [0.1, 0.15) is 30.4 Å². The lowest BCUT2D eigenvalue weighted by molar-refractivity contribution is -0.0500. The first-order chi connectivity index (χ1) is 10.7. The van der Waals surface area contributed by atoms with Crippen LogP contribution in [0.25, 0.3) is 0 Å². The molecule has 1 saturated heterocycles. The largest absolute Gasteiger partial charge is 0.534 e. The normalized spacial score (nSPS) is 22.3. The lowest BCUT2D eigenvalue weighted by atomic mass is 9.88. The van der Waals surface area contributed by atoms with Gasteiger partial charge in [-0.15, -0.1) is 0 Å². The number of alkyl halides is 3. The van der Waals surface area contributed by atoms with Gasteiger partial charge in [0.25, 0.3) is 0 Å². The quantitative estimate of drug-likeness (QED) is 0.466. The summed E-state index contributed by atoms with van der Waals surface area (Å²) in [6, 6.07) is 2.12. The predicted molar refractivity (Wildman–Crippen MR) is 73.8 cm³/mol. The summed E-state index contributed by atoms with van der Waals surface area (Å²) in [6.07, 6.45) is 3.51. The van der Waals surface area contributed by atoms with Gasteiger partial charge in [-0.25, -0.2) is 4.39 Å². The Balaban J connectivity index is 1.90. The van der Waals surface area contributed by atoms with Crippen molar-refractivity contribution in [3.8, 4) is 5.75 Å². The Kier molecular flexibility index (Phi) is 4.04. The van der Waals surface area contributed by atoms with Crippen molar-refractivity contribution in [2.75, 3.05) is 6.54 Å². The third-order valence-electron chi connectivity index (χ3n) is 4.32. The molecule has 0 N–H and O–H groups in total. The van der Waals surface area contributed by atoms with Crippen molar-refractivity contribution in [3.63, 3.8) is 0 Å². The molecule has 0 bridgehead atoms. The van der Waals surface area contributed by atoms with Gasteiger partial charge < -0.3 is 4.18 Å². The molecule has 0 aliphatic carbocycles. The number of rotatable bonds is 2. The first-order valence-electron chi connectivity index (χ1n) is 7.23. The molecule has 2 heterocycles. The minimum absolute atomic E-state index is 0.213. The summed E-state index contributed by atoms with van der Waals surface area (Å²) < 4.78 is 77.4. The fourth-order valence-corrected chi connectivity index (χ4v) is 3.65. The van der Waals surface area contributed by atoms with Crippen LogP contribution in [0, 0.1) is 5.82 Å². The van der Waals surface area contributed by atoms with Crippen LogP contribution in [0.4, 0.5) is 17.6 Å². The first kappa shape index (κ1) is 16.5. The molecule has 4 nitrogen and oxygen atoms in total. The average molecular weight is 353 g/mol. The Morgan fingerprint density at radius 3 is 2.65 bits per heavy atom.